The third-order valence-corrected chi connectivity index (χ3v) is 4.15. The second kappa shape index (κ2) is 6.35. The van der Waals surface area contributed by atoms with Gasteiger partial charge in [-0.15, -0.1) is 11.3 Å². The zero-order chi connectivity index (χ0) is 13.8. The molecule has 0 bridgehead atoms. The van der Waals surface area contributed by atoms with Crippen molar-refractivity contribution in [2.45, 2.75) is 13.5 Å². The van der Waals surface area contributed by atoms with Gasteiger partial charge in [-0.2, -0.15) is 0 Å². The van der Waals surface area contributed by atoms with Crippen molar-refractivity contribution in [1.82, 2.24) is 9.88 Å². The van der Waals surface area contributed by atoms with E-state index >= 15 is 0 Å². The Morgan fingerprint density at radius 1 is 1.25 bits per heavy atom. The largest absolute Gasteiger partial charge is 0.379 e. The van der Waals surface area contributed by atoms with Gasteiger partial charge in [0.1, 0.15) is 0 Å². The number of nitrogens with zero attached hydrogens (tertiary/aromatic N) is 2. The first-order chi connectivity index (χ1) is 9.79. The molecule has 20 heavy (non-hydrogen) atoms. The van der Waals surface area contributed by atoms with Gasteiger partial charge in [0.15, 0.2) is 5.13 Å². The van der Waals surface area contributed by atoms with Crippen LogP contribution in [-0.4, -0.2) is 36.2 Å². The van der Waals surface area contributed by atoms with Crippen molar-refractivity contribution in [3.05, 3.63) is 40.9 Å². The Kier molecular flexibility index (Phi) is 4.30. The first-order valence-electron chi connectivity index (χ1n) is 6.88. The first-order valence-corrected chi connectivity index (χ1v) is 7.76. The number of nitrogens with one attached hydrogen (secondary N) is 1. The van der Waals surface area contributed by atoms with E-state index in [1.807, 2.05) is 0 Å². The predicted octanol–water partition coefficient (Wildman–Crippen LogP) is 3.03. The highest BCUT2D eigenvalue weighted by Gasteiger charge is 2.12. The van der Waals surface area contributed by atoms with Crippen molar-refractivity contribution >= 4 is 22.2 Å². The van der Waals surface area contributed by atoms with Crippen LogP contribution in [0, 0.1) is 6.92 Å². The zero-order valence-electron chi connectivity index (χ0n) is 11.6. The maximum atomic E-state index is 5.36. The highest BCUT2D eigenvalue weighted by molar-refractivity contribution is 7.13. The molecule has 106 valence electrons. The number of aryl methyl sites for hydroxylation is 1. The van der Waals surface area contributed by atoms with Gasteiger partial charge in [0.05, 0.1) is 18.9 Å². The molecule has 0 unspecified atom stereocenters. The number of thiazole rings is 1. The summed E-state index contributed by atoms with van der Waals surface area (Å²) >= 11 is 1.66. The molecule has 1 aliphatic rings. The molecule has 0 saturated carbocycles. The number of anilines is 2. The molecule has 2 aromatic rings. The van der Waals surface area contributed by atoms with Crippen LogP contribution in [0.25, 0.3) is 0 Å². The summed E-state index contributed by atoms with van der Waals surface area (Å²) in [5.41, 5.74) is 3.48. The summed E-state index contributed by atoms with van der Waals surface area (Å²) in [4.78, 5) is 7.03. The van der Waals surface area contributed by atoms with E-state index in [4.69, 9.17) is 4.74 Å². The van der Waals surface area contributed by atoms with Gasteiger partial charge >= 0.3 is 0 Å². The van der Waals surface area contributed by atoms with Gasteiger partial charge in [-0.25, -0.2) is 4.98 Å². The van der Waals surface area contributed by atoms with Crippen LogP contribution in [0.1, 0.15) is 11.3 Å². The second-order valence-electron chi connectivity index (χ2n) is 5.02. The lowest BCUT2D eigenvalue weighted by atomic mass is 10.2. The van der Waals surface area contributed by atoms with Crippen LogP contribution >= 0.6 is 11.3 Å². The summed E-state index contributed by atoms with van der Waals surface area (Å²) in [6, 6.07) is 8.37. The standard InChI is InChI=1S/C15H19N3OS/c1-12-2-4-13(5-3-12)16-15-17-14(11-20-15)10-18-6-8-19-9-7-18/h2-5,11H,6-10H2,1H3,(H,16,17). The number of rotatable bonds is 4. The van der Waals surface area contributed by atoms with E-state index in [9.17, 15) is 0 Å². The van der Waals surface area contributed by atoms with Crippen LogP contribution in [0.15, 0.2) is 29.6 Å². The molecular weight excluding hydrogens is 270 g/mol. The average molecular weight is 289 g/mol. The van der Waals surface area contributed by atoms with Crippen molar-refractivity contribution in [2.75, 3.05) is 31.6 Å². The third kappa shape index (κ3) is 3.56. The Balaban J connectivity index is 1.60. The molecule has 1 N–H and O–H groups in total. The SMILES string of the molecule is Cc1ccc(Nc2nc(CN3CCOCC3)cs2)cc1. The maximum Gasteiger partial charge on any atom is 0.187 e. The highest BCUT2D eigenvalue weighted by Crippen LogP contribution is 2.22. The van der Waals surface area contributed by atoms with E-state index < -0.39 is 0 Å². The maximum absolute atomic E-state index is 5.36. The van der Waals surface area contributed by atoms with E-state index in [-0.39, 0.29) is 0 Å². The van der Waals surface area contributed by atoms with Gasteiger partial charge < -0.3 is 10.1 Å². The van der Waals surface area contributed by atoms with Crippen LogP contribution in [-0.2, 0) is 11.3 Å². The molecule has 0 atom stereocenters. The van der Waals surface area contributed by atoms with Gasteiger partial charge in [0.2, 0.25) is 0 Å². The van der Waals surface area contributed by atoms with E-state index in [2.05, 4.69) is 51.8 Å². The topological polar surface area (TPSA) is 37.4 Å². The van der Waals surface area contributed by atoms with Crippen molar-refractivity contribution in [3.8, 4) is 0 Å². The Bertz CT molecular complexity index is 547. The quantitative estimate of drug-likeness (QED) is 0.939. The lowest BCUT2D eigenvalue weighted by Gasteiger charge is -2.25. The normalized spacial score (nSPS) is 16.2. The van der Waals surface area contributed by atoms with E-state index in [1.54, 1.807) is 11.3 Å². The molecule has 1 fully saturated rings. The highest BCUT2D eigenvalue weighted by atomic mass is 32.1. The Morgan fingerprint density at radius 3 is 2.75 bits per heavy atom. The minimum atomic E-state index is 0.832. The fourth-order valence-electron chi connectivity index (χ4n) is 2.19. The molecule has 1 saturated heterocycles. The fourth-order valence-corrected chi connectivity index (χ4v) is 2.91. The van der Waals surface area contributed by atoms with Crippen molar-refractivity contribution in [3.63, 3.8) is 0 Å². The van der Waals surface area contributed by atoms with Crippen molar-refractivity contribution in [2.24, 2.45) is 0 Å². The Morgan fingerprint density at radius 2 is 2.00 bits per heavy atom. The predicted molar refractivity (Wildman–Crippen MR) is 82.7 cm³/mol. The van der Waals surface area contributed by atoms with Gasteiger partial charge in [0, 0.05) is 30.7 Å². The molecule has 0 aliphatic carbocycles. The number of benzene rings is 1. The van der Waals surface area contributed by atoms with E-state index in [0.717, 1.165) is 49.4 Å². The summed E-state index contributed by atoms with van der Waals surface area (Å²) in [5.74, 6) is 0. The third-order valence-electron chi connectivity index (χ3n) is 3.34. The first kappa shape index (κ1) is 13.5. The van der Waals surface area contributed by atoms with Gasteiger partial charge in [-0.1, -0.05) is 17.7 Å². The molecule has 1 aliphatic heterocycles. The molecular formula is C15H19N3OS. The summed E-state index contributed by atoms with van der Waals surface area (Å²) in [6.07, 6.45) is 0. The van der Waals surface area contributed by atoms with Gasteiger partial charge in [0.25, 0.3) is 0 Å². The summed E-state index contributed by atoms with van der Waals surface area (Å²) in [5, 5.41) is 6.44. The lowest BCUT2D eigenvalue weighted by Crippen LogP contribution is -2.35. The molecule has 0 spiro atoms. The molecule has 4 nitrogen and oxygen atoms in total. The Labute approximate surface area is 123 Å². The van der Waals surface area contributed by atoms with Crippen molar-refractivity contribution in [1.29, 1.82) is 0 Å². The molecule has 2 heterocycles. The minimum Gasteiger partial charge on any atom is -0.379 e. The average Bonchev–Trinajstić information content (AvgIpc) is 2.90. The van der Waals surface area contributed by atoms with Crippen LogP contribution in [0.4, 0.5) is 10.8 Å². The van der Waals surface area contributed by atoms with Crippen molar-refractivity contribution < 1.29 is 4.74 Å². The summed E-state index contributed by atoms with van der Waals surface area (Å²) < 4.78 is 5.36. The molecule has 0 amide bonds. The van der Waals surface area contributed by atoms with Crippen LogP contribution in [0.5, 0.6) is 0 Å². The Hall–Kier alpha value is -1.43. The van der Waals surface area contributed by atoms with E-state index in [0.29, 0.717) is 0 Å². The second-order valence-corrected chi connectivity index (χ2v) is 5.88. The minimum absolute atomic E-state index is 0.832. The monoisotopic (exact) mass is 289 g/mol. The van der Waals surface area contributed by atoms with Crippen LogP contribution < -0.4 is 5.32 Å². The number of hydrogen-bond donors (Lipinski definition) is 1. The van der Waals surface area contributed by atoms with Crippen LogP contribution in [0.3, 0.4) is 0 Å². The number of hydrogen-bond acceptors (Lipinski definition) is 5. The smallest absolute Gasteiger partial charge is 0.187 e. The molecule has 1 aromatic heterocycles. The molecule has 3 rings (SSSR count). The molecule has 1 aromatic carbocycles. The molecule has 0 radical (unpaired) electrons. The van der Waals surface area contributed by atoms with Crippen LogP contribution in [0.2, 0.25) is 0 Å². The number of ether oxygens (including phenoxy) is 1. The van der Waals surface area contributed by atoms with Gasteiger partial charge in [-0.3, -0.25) is 4.90 Å². The lowest BCUT2D eigenvalue weighted by molar-refractivity contribution is 0.0337. The summed E-state index contributed by atoms with van der Waals surface area (Å²) in [6.45, 7) is 6.66. The van der Waals surface area contributed by atoms with E-state index in [1.165, 1.54) is 5.56 Å². The fraction of sp³-hybridized carbons (Fsp3) is 0.400. The molecule has 5 heteroatoms. The van der Waals surface area contributed by atoms with Gasteiger partial charge in [-0.05, 0) is 19.1 Å². The number of morpholine rings is 1. The summed E-state index contributed by atoms with van der Waals surface area (Å²) in [7, 11) is 0. The number of aromatic nitrogens is 1. The zero-order valence-corrected chi connectivity index (χ0v) is 12.4.